The van der Waals surface area contributed by atoms with Gasteiger partial charge in [-0.3, -0.25) is 4.79 Å². The standard InChI is InChI=1S/C12H13Br2F2NO/c1-7(2)17(4-3-13)12(18)11-9(15)5-8(14)6-10(11)16/h5-7H,3-4H2,1-2H3. The van der Waals surface area contributed by atoms with Gasteiger partial charge in [0.2, 0.25) is 0 Å². The number of carbonyl (C=O) groups is 1. The first-order valence-electron chi connectivity index (χ1n) is 5.40. The van der Waals surface area contributed by atoms with Crippen LogP contribution in [0.1, 0.15) is 24.2 Å². The molecule has 0 aliphatic carbocycles. The van der Waals surface area contributed by atoms with Crippen LogP contribution < -0.4 is 0 Å². The molecule has 0 unspecified atom stereocenters. The van der Waals surface area contributed by atoms with Crippen LogP contribution in [0.25, 0.3) is 0 Å². The third-order valence-corrected chi connectivity index (χ3v) is 3.24. The van der Waals surface area contributed by atoms with Gasteiger partial charge in [-0.05, 0) is 26.0 Å². The van der Waals surface area contributed by atoms with Gasteiger partial charge >= 0.3 is 0 Å². The molecule has 0 aliphatic heterocycles. The maximum atomic E-state index is 13.7. The molecule has 0 bridgehead atoms. The summed E-state index contributed by atoms with van der Waals surface area (Å²) in [5.74, 6) is -2.34. The number of alkyl halides is 1. The molecule has 1 aromatic rings. The second kappa shape index (κ2) is 6.61. The summed E-state index contributed by atoms with van der Waals surface area (Å²) >= 11 is 6.20. The minimum absolute atomic E-state index is 0.127. The summed E-state index contributed by atoms with van der Waals surface area (Å²) < 4.78 is 27.7. The minimum Gasteiger partial charge on any atom is -0.335 e. The first-order valence-corrected chi connectivity index (χ1v) is 7.31. The molecule has 1 rings (SSSR count). The fraction of sp³-hybridized carbons (Fsp3) is 0.417. The summed E-state index contributed by atoms with van der Waals surface area (Å²) in [5, 5.41) is 0.552. The molecule has 18 heavy (non-hydrogen) atoms. The van der Waals surface area contributed by atoms with E-state index in [0.29, 0.717) is 11.9 Å². The van der Waals surface area contributed by atoms with E-state index in [4.69, 9.17) is 0 Å². The molecule has 0 radical (unpaired) electrons. The molecule has 0 atom stereocenters. The second-order valence-electron chi connectivity index (χ2n) is 4.03. The Balaban J connectivity index is 3.16. The number of amides is 1. The van der Waals surface area contributed by atoms with E-state index in [1.165, 1.54) is 4.90 Å². The topological polar surface area (TPSA) is 20.3 Å². The van der Waals surface area contributed by atoms with Gasteiger partial charge in [-0.25, -0.2) is 8.78 Å². The molecule has 0 heterocycles. The summed E-state index contributed by atoms with van der Waals surface area (Å²) in [4.78, 5) is 13.6. The molecule has 0 aliphatic rings. The number of nitrogens with zero attached hydrogens (tertiary/aromatic N) is 1. The highest BCUT2D eigenvalue weighted by Crippen LogP contribution is 2.21. The fourth-order valence-electron chi connectivity index (χ4n) is 1.58. The maximum Gasteiger partial charge on any atom is 0.260 e. The van der Waals surface area contributed by atoms with Crippen LogP contribution in [0.2, 0.25) is 0 Å². The van der Waals surface area contributed by atoms with Gasteiger partial charge in [0.1, 0.15) is 17.2 Å². The fourth-order valence-corrected chi connectivity index (χ4v) is 2.36. The third-order valence-electron chi connectivity index (χ3n) is 2.43. The van der Waals surface area contributed by atoms with E-state index in [0.717, 1.165) is 12.1 Å². The molecule has 0 spiro atoms. The maximum absolute atomic E-state index is 13.7. The smallest absolute Gasteiger partial charge is 0.260 e. The van der Waals surface area contributed by atoms with Gasteiger partial charge in [0.25, 0.3) is 5.91 Å². The molecule has 1 aromatic carbocycles. The average molecular weight is 385 g/mol. The Morgan fingerprint density at radius 2 is 1.83 bits per heavy atom. The van der Waals surface area contributed by atoms with Crippen molar-refractivity contribution in [3.8, 4) is 0 Å². The molecule has 1 amide bonds. The molecule has 0 fully saturated rings. The van der Waals surface area contributed by atoms with Crippen LogP contribution in [0.4, 0.5) is 8.78 Å². The van der Waals surface area contributed by atoms with Gasteiger partial charge in [-0.2, -0.15) is 0 Å². The lowest BCUT2D eigenvalue weighted by Gasteiger charge is -2.26. The van der Waals surface area contributed by atoms with E-state index in [-0.39, 0.29) is 10.5 Å². The summed E-state index contributed by atoms with van der Waals surface area (Å²) in [6.07, 6.45) is 0. The Hall–Kier alpha value is -0.490. The summed E-state index contributed by atoms with van der Waals surface area (Å²) in [6, 6.07) is 2.05. The highest BCUT2D eigenvalue weighted by molar-refractivity contribution is 9.10. The monoisotopic (exact) mass is 383 g/mol. The molecule has 2 nitrogen and oxygen atoms in total. The van der Waals surface area contributed by atoms with Gasteiger partial charge < -0.3 is 4.90 Å². The van der Waals surface area contributed by atoms with Gasteiger partial charge in [0.15, 0.2) is 0 Å². The summed E-state index contributed by atoms with van der Waals surface area (Å²) in [5.41, 5.74) is -0.507. The zero-order chi connectivity index (χ0) is 13.9. The number of hydrogen-bond acceptors (Lipinski definition) is 1. The molecule has 0 saturated heterocycles. The molecule has 0 aromatic heterocycles. The lowest BCUT2D eigenvalue weighted by molar-refractivity contribution is 0.0709. The van der Waals surface area contributed by atoms with Crippen molar-refractivity contribution in [2.45, 2.75) is 19.9 Å². The van der Waals surface area contributed by atoms with Crippen molar-refractivity contribution in [3.63, 3.8) is 0 Å². The number of carbonyl (C=O) groups excluding carboxylic acids is 1. The van der Waals surface area contributed by atoms with Crippen molar-refractivity contribution in [3.05, 3.63) is 33.8 Å². The Morgan fingerprint density at radius 1 is 1.33 bits per heavy atom. The average Bonchev–Trinajstić information content (AvgIpc) is 2.23. The molecule has 0 N–H and O–H groups in total. The van der Waals surface area contributed by atoms with Gasteiger partial charge in [0.05, 0.1) is 0 Å². The van der Waals surface area contributed by atoms with Gasteiger partial charge in [-0.15, -0.1) is 0 Å². The Bertz CT molecular complexity index is 429. The highest BCUT2D eigenvalue weighted by Gasteiger charge is 2.25. The molecule has 100 valence electrons. The van der Waals surface area contributed by atoms with Crippen LogP contribution in [-0.4, -0.2) is 28.7 Å². The van der Waals surface area contributed by atoms with E-state index in [1.54, 1.807) is 13.8 Å². The Kier molecular flexibility index (Phi) is 5.72. The predicted octanol–water partition coefficient (Wildman–Crippen LogP) is 3.97. The second-order valence-corrected chi connectivity index (χ2v) is 5.73. The normalized spacial score (nSPS) is 10.8. The van der Waals surface area contributed by atoms with Gasteiger partial charge in [0, 0.05) is 22.4 Å². The van der Waals surface area contributed by atoms with Gasteiger partial charge in [-0.1, -0.05) is 31.9 Å². The number of hydrogen-bond donors (Lipinski definition) is 0. The van der Waals surface area contributed by atoms with Crippen molar-refractivity contribution in [1.29, 1.82) is 0 Å². The number of rotatable bonds is 4. The highest BCUT2D eigenvalue weighted by atomic mass is 79.9. The van der Waals surface area contributed by atoms with Crippen LogP contribution in [0, 0.1) is 11.6 Å². The Morgan fingerprint density at radius 3 is 2.22 bits per heavy atom. The first-order chi connectivity index (χ1) is 8.38. The zero-order valence-electron chi connectivity index (χ0n) is 10.0. The third kappa shape index (κ3) is 3.51. The lowest BCUT2D eigenvalue weighted by Crippen LogP contribution is -2.39. The predicted molar refractivity (Wildman–Crippen MR) is 74.0 cm³/mol. The van der Waals surface area contributed by atoms with Crippen molar-refractivity contribution < 1.29 is 13.6 Å². The quantitative estimate of drug-likeness (QED) is 0.719. The van der Waals surface area contributed by atoms with E-state index < -0.39 is 23.1 Å². The minimum atomic E-state index is -0.855. The van der Waals surface area contributed by atoms with Crippen molar-refractivity contribution in [1.82, 2.24) is 4.90 Å². The van der Waals surface area contributed by atoms with E-state index in [9.17, 15) is 13.6 Å². The van der Waals surface area contributed by atoms with E-state index in [2.05, 4.69) is 31.9 Å². The molecule has 0 saturated carbocycles. The van der Waals surface area contributed by atoms with Crippen LogP contribution in [0.15, 0.2) is 16.6 Å². The largest absolute Gasteiger partial charge is 0.335 e. The molecule has 6 heteroatoms. The van der Waals surface area contributed by atoms with Crippen LogP contribution in [0.3, 0.4) is 0 Å². The van der Waals surface area contributed by atoms with Crippen LogP contribution >= 0.6 is 31.9 Å². The Labute approximate surface area is 122 Å². The van der Waals surface area contributed by atoms with E-state index in [1.807, 2.05) is 0 Å². The first kappa shape index (κ1) is 15.6. The van der Waals surface area contributed by atoms with E-state index >= 15 is 0 Å². The van der Waals surface area contributed by atoms with Crippen molar-refractivity contribution in [2.24, 2.45) is 0 Å². The zero-order valence-corrected chi connectivity index (χ0v) is 13.2. The lowest BCUT2D eigenvalue weighted by atomic mass is 10.1. The molecular formula is C12H13Br2F2NO. The van der Waals surface area contributed by atoms with Crippen molar-refractivity contribution >= 4 is 37.8 Å². The molecular weight excluding hydrogens is 372 g/mol. The number of halogens is 4. The SMILES string of the molecule is CC(C)N(CCBr)C(=O)c1c(F)cc(Br)cc1F. The summed E-state index contributed by atoms with van der Waals surface area (Å²) in [7, 11) is 0. The van der Waals surface area contributed by atoms with Crippen LogP contribution in [0.5, 0.6) is 0 Å². The van der Waals surface area contributed by atoms with Crippen molar-refractivity contribution in [2.75, 3.05) is 11.9 Å². The van der Waals surface area contributed by atoms with Crippen LogP contribution in [-0.2, 0) is 0 Å². The summed E-state index contributed by atoms with van der Waals surface area (Å²) in [6.45, 7) is 4.00. The number of benzene rings is 1.